The van der Waals surface area contributed by atoms with Crippen molar-refractivity contribution in [1.82, 2.24) is 15.5 Å². The summed E-state index contributed by atoms with van der Waals surface area (Å²) in [5.41, 5.74) is 1.38. The van der Waals surface area contributed by atoms with Crippen LogP contribution in [0.4, 0.5) is 5.69 Å². The van der Waals surface area contributed by atoms with Gasteiger partial charge in [-0.05, 0) is 13.0 Å². The summed E-state index contributed by atoms with van der Waals surface area (Å²) < 4.78 is 0. The van der Waals surface area contributed by atoms with E-state index >= 15 is 0 Å². The number of carbonyl (C=O) groups excluding carboxylic acids is 1. The molecule has 1 atom stereocenters. The summed E-state index contributed by atoms with van der Waals surface area (Å²) in [4.78, 5) is 11.6. The zero-order valence-electron chi connectivity index (χ0n) is 10.6. The Hall–Kier alpha value is -2.68. The predicted molar refractivity (Wildman–Crippen MR) is 71.4 cm³/mol. The average Bonchev–Trinajstić information content (AvgIpc) is 2.46. The number of fused-ring (bicyclic) bond motifs is 1. The number of likely N-dealkylation sites (N-methyl/N-ethyl adjacent to an activating group) is 1. The first kappa shape index (κ1) is 12.8. The molecule has 6 nitrogen and oxygen atoms in total. The summed E-state index contributed by atoms with van der Waals surface area (Å²) in [7, 11) is 1.56. The van der Waals surface area contributed by atoms with E-state index in [0.717, 1.165) is 5.39 Å². The summed E-state index contributed by atoms with van der Waals surface area (Å²) in [5, 5.41) is 23.3. The van der Waals surface area contributed by atoms with Crippen molar-refractivity contribution in [1.29, 1.82) is 5.26 Å². The van der Waals surface area contributed by atoms with Crippen molar-refractivity contribution in [3.8, 4) is 6.07 Å². The van der Waals surface area contributed by atoms with Gasteiger partial charge in [-0.25, -0.2) is 0 Å². The summed E-state index contributed by atoms with van der Waals surface area (Å²) in [6.07, 6.45) is 0. The van der Waals surface area contributed by atoms with Gasteiger partial charge in [0.15, 0.2) is 5.69 Å². The van der Waals surface area contributed by atoms with Crippen LogP contribution in [0.3, 0.4) is 0 Å². The van der Waals surface area contributed by atoms with E-state index < -0.39 is 6.04 Å². The second-order valence-corrected chi connectivity index (χ2v) is 4.03. The molecule has 0 spiro atoms. The molecule has 1 aromatic heterocycles. The molecular formula is C13H13N5O. The van der Waals surface area contributed by atoms with Crippen molar-refractivity contribution in [2.45, 2.75) is 13.0 Å². The largest absolute Gasteiger partial charge is 0.371 e. The van der Waals surface area contributed by atoms with Crippen molar-refractivity contribution in [2.75, 3.05) is 12.4 Å². The molecule has 19 heavy (non-hydrogen) atoms. The fraction of sp³-hybridized carbons (Fsp3) is 0.231. The van der Waals surface area contributed by atoms with Crippen molar-refractivity contribution >= 4 is 22.5 Å². The lowest BCUT2D eigenvalue weighted by Crippen LogP contribution is -2.35. The molecule has 0 aliphatic rings. The van der Waals surface area contributed by atoms with Crippen LogP contribution < -0.4 is 10.6 Å². The van der Waals surface area contributed by atoms with Crippen LogP contribution in [0.2, 0.25) is 0 Å². The van der Waals surface area contributed by atoms with E-state index in [1.165, 1.54) is 0 Å². The van der Waals surface area contributed by atoms with Gasteiger partial charge in [0.05, 0.1) is 11.2 Å². The number of nitrogens with one attached hydrogen (secondary N) is 2. The first-order valence-electron chi connectivity index (χ1n) is 5.81. The van der Waals surface area contributed by atoms with Crippen LogP contribution in [0.25, 0.3) is 10.9 Å². The first-order valence-corrected chi connectivity index (χ1v) is 5.81. The van der Waals surface area contributed by atoms with Gasteiger partial charge >= 0.3 is 0 Å². The number of hydrogen-bond donors (Lipinski definition) is 2. The minimum absolute atomic E-state index is 0.162. The highest BCUT2D eigenvalue weighted by atomic mass is 16.2. The molecule has 2 N–H and O–H groups in total. The van der Waals surface area contributed by atoms with Gasteiger partial charge in [0.1, 0.15) is 12.1 Å². The lowest BCUT2D eigenvalue weighted by atomic mass is 10.1. The van der Waals surface area contributed by atoms with Crippen molar-refractivity contribution < 1.29 is 4.79 Å². The van der Waals surface area contributed by atoms with Gasteiger partial charge in [-0.15, -0.1) is 10.2 Å². The van der Waals surface area contributed by atoms with Crippen LogP contribution in [0, 0.1) is 11.3 Å². The van der Waals surface area contributed by atoms with Gasteiger partial charge in [-0.2, -0.15) is 5.26 Å². The molecule has 0 saturated heterocycles. The number of nitriles is 1. The number of rotatable bonds is 3. The number of nitrogens with zero attached hydrogens (tertiary/aromatic N) is 3. The molecule has 1 amide bonds. The van der Waals surface area contributed by atoms with Crippen molar-refractivity contribution in [3.63, 3.8) is 0 Å². The third-order valence-electron chi connectivity index (χ3n) is 2.77. The average molecular weight is 255 g/mol. The summed E-state index contributed by atoms with van der Waals surface area (Å²) in [5.74, 6) is -0.162. The lowest BCUT2D eigenvalue weighted by molar-refractivity contribution is -0.121. The van der Waals surface area contributed by atoms with E-state index in [1.807, 2.05) is 24.3 Å². The molecule has 0 bridgehead atoms. The topological polar surface area (TPSA) is 90.7 Å². The maximum absolute atomic E-state index is 11.6. The van der Waals surface area contributed by atoms with E-state index in [9.17, 15) is 4.79 Å². The highest BCUT2D eigenvalue weighted by Gasteiger charge is 2.16. The normalized spacial score (nSPS) is 11.6. The molecular weight excluding hydrogens is 242 g/mol. The molecule has 2 rings (SSSR count). The second-order valence-electron chi connectivity index (χ2n) is 4.03. The minimum atomic E-state index is -0.468. The molecule has 0 saturated carbocycles. The zero-order valence-corrected chi connectivity index (χ0v) is 10.6. The van der Waals surface area contributed by atoms with Crippen LogP contribution in [-0.2, 0) is 4.79 Å². The molecule has 0 aliphatic heterocycles. The van der Waals surface area contributed by atoms with E-state index in [1.54, 1.807) is 20.0 Å². The van der Waals surface area contributed by atoms with Crippen molar-refractivity contribution in [3.05, 3.63) is 30.0 Å². The van der Waals surface area contributed by atoms with E-state index in [4.69, 9.17) is 5.26 Å². The lowest BCUT2D eigenvalue weighted by Gasteiger charge is -2.15. The molecule has 0 aliphatic carbocycles. The number of carbonyl (C=O) groups is 1. The van der Waals surface area contributed by atoms with Gasteiger partial charge in [0, 0.05) is 12.4 Å². The van der Waals surface area contributed by atoms with E-state index in [0.29, 0.717) is 11.2 Å². The van der Waals surface area contributed by atoms with Gasteiger partial charge < -0.3 is 10.6 Å². The fourth-order valence-electron chi connectivity index (χ4n) is 1.78. The number of anilines is 1. The van der Waals surface area contributed by atoms with Crippen LogP contribution in [0.5, 0.6) is 0 Å². The standard InChI is InChI=1S/C13H13N5O/c1-8(13(19)15-2)16-12-9-5-3-4-6-10(9)17-18-11(12)7-14/h3-6,8H,1-2H3,(H,15,19)(H,16,17). The summed E-state index contributed by atoms with van der Waals surface area (Å²) >= 11 is 0. The van der Waals surface area contributed by atoms with Crippen LogP contribution in [0.1, 0.15) is 12.6 Å². The van der Waals surface area contributed by atoms with Gasteiger partial charge in [0.2, 0.25) is 5.91 Å². The summed E-state index contributed by atoms with van der Waals surface area (Å²) in [6, 6.07) is 8.85. The Morgan fingerprint density at radius 2 is 2.11 bits per heavy atom. The molecule has 1 heterocycles. The first-order chi connectivity index (χ1) is 9.17. The van der Waals surface area contributed by atoms with Gasteiger partial charge in [0.25, 0.3) is 0 Å². The SMILES string of the molecule is CNC(=O)C(C)Nc1c(C#N)nnc2ccccc12. The number of hydrogen-bond acceptors (Lipinski definition) is 5. The molecule has 1 aromatic carbocycles. The zero-order chi connectivity index (χ0) is 13.8. The Labute approximate surface area is 110 Å². The highest BCUT2D eigenvalue weighted by Crippen LogP contribution is 2.24. The molecule has 96 valence electrons. The number of aromatic nitrogens is 2. The Morgan fingerprint density at radius 1 is 1.37 bits per heavy atom. The maximum atomic E-state index is 11.6. The third kappa shape index (κ3) is 2.45. The van der Waals surface area contributed by atoms with Gasteiger partial charge in [-0.3, -0.25) is 4.79 Å². The Bertz CT molecular complexity index is 662. The maximum Gasteiger partial charge on any atom is 0.241 e. The van der Waals surface area contributed by atoms with E-state index in [-0.39, 0.29) is 11.6 Å². The molecule has 1 unspecified atom stereocenters. The smallest absolute Gasteiger partial charge is 0.241 e. The number of benzene rings is 1. The summed E-state index contributed by atoms with van der Waals surface area (Å²) in [6.45, 7) is 1.72. The Kier molecular flexibility index (Phi) is 3.57. The quantitative estimate of drug-likeness (QED) is 0.855. The second kappa shape index (κ2) is 5.31. The third-order valence-corrected chi connectivity index (χ3v) is 2.77. The molecule has 6 heteroatoms. The van der Waals surface area contributed by atoms with Crippen LogP contribution in [0.15, 0.2) is 24.3 Å². The number of amides is 1. The Morgan fingerprint density at radius 3 is 2.79 bits per heavy atom. The predicted octanol–water partition coefficient (Wildman–Crippen LogP) is 1.05. The molecule has 2 aromatic rings. The molecule has 0 radical (unpaired) electrons. The minimum Gasteiger partial charge on any atom is -0.371 e. The molecule has 0 fully saturated rings. The van der Waals surface area contributed by atoms with Gasteiger partial charge in [-0.1, -0.05) is 18.2 Å². The van der Waals surface area contributed by atoms with Crippen LogP contribution in [-0.4, -0.2) is 29.2 Å². The Balaban J connectivity index is 2.51. The highest BCUT2D eigenvalue weighted by molar-refractivity contribution is 5.95. The van der Waals surface area contributed by atoms with Crippen molar-refractivity contribution in [2.24, 2.45) is 0 Å². The monoisotopic (exact) mass is 255 g/mol. The fourth-order valence-corrected chi connectivity index (χ4v) is 1.78. The van der Waals surface area contributed by atoms with Crippen LogP contribution >= 0.6 is 0 Å². The van der Waals surface area contributed by atoms with E-state index in [2.05, 4.69) is 20.8 Å².